The van der Waals surface area contributed by atoms with Crippen LogP contribution in [0.5, 0.6) is 11.5 Å². The average Bonchev–Trinajstić information content (AvgIpc) is 2.59. The molecule has 1 aromatic carbocycles. The Morgan fingerprint density at radius 1 is 1.22 bits per heavy atom. The molecule has 1 aromatic heterocycles. The highest BCUT2D eigenvalue weighted by Crippen LogP contribution is 2.28. The number of rotatable bonds is 7. The van der Waals surface area contributed by atoms with Crippen LogP contribution < -0.4 is 14.8 Å². The lowest BCUT2D eigenvalue weighted by Gasteiger charge is -2.15. The molecule has 0 bridgehead atoms. The summed E-state index contributed by atoms with van der Waals surface area (Å²) in [6.45, 7) is 1.98. The highest BCUT2D eigenvalue weighted by atomic mass is 32.2. The van der Waals surface area contributed by atoms with Crippen LogP contribution in [-0.4, -0.2) is 30.4 Å². The van der Waals surface area contributed by atoms with Gasteiger partial charge in [-0.25, -0.2) is 4.98 Å². The van der Waals surface area contributed by atoms with Gasteiger partial charge in [0.05, 0.1) is 24.5 Å². The fourth-order valence-corrected chi connectivity index (χ4v) is 2.89. The number of nitrogens with zero attached hydrogens (tertiary/aromatic N) is 1. The smallest absolute Gasteiger partial charge is 0.237 e. The van der Waals surface area contributed by atoms with Gasteiger partial charge in [0.25, 0.3) is 0 Å². The summed E-state index contributed by atoms with van der Waals surface area (Å²) in [6.07, 6.45) is 2.42. The first-order valence-corrected chi connectivity index (χ1v) is 8.15. The molecule has 23 heavy (non-hydrogen) atoms. The number of carbonyl (C=O) groups is 1. The van der Waals surface area contributed by atoms with Crippen molar-refractivity contribution in [1.82, 2.24) is 4.98 Å². The second-order valence-corrected chi connectivity index (χ2v) is 6.00. The Hall–Kier alpha value is -2.21. The molecule has 0 aliphatic carbocycles. The van der Waals surface area contributed by atoms with Crippen LogP contribution in [0.25, 0.3) is 0 Å². The zero-order valence-corrected chi connectivity index (χ0v) is 14.2. The molecule has 0 saturated heterocycles. The quantitative estimate of drug-likeness (QED) is 0.785. The Balaban J connectivity index is 2.10. The number of nitrogens with one attached hydrogen (secondary N) is 1. The third-order valence-electron chi connectivity index (χ3n) is 3.18. The number of pyridine rings is 1. The maximum atomic E-state index is 12.5. The largest absolute Gasteiger partial charge is 0.497 e. The molecule has 0 aliphatic heterocycles. The molecule has 6 heteroatoms. The minimum atomic E-state index is -0.220. The van der Waals surface area contributed by atoms with Crippen LogP contribution in [0.3, 0.4) is 0 Å². The van der Waals surface area contributed by atoms with Crippen molar-refractivity contribution in [3.63, 3.8) is 0 Å². The number of carbonyl (C=O) groups excluding carboxylic acids is 1. The highest BCUT2D eigenvalue weighted by molar-refractivity contribution is 8.00. The van der Waals surface area contributed by atoms with E-state index in [1.54, 1.807) is 38.6 Å². The zero-order chi connectivity index (χ0) is 16.7. The second-order valence-electron chi connectivity index (χ2n) is 4.77. The maximum absolute atomic E-state index is 12.5. The lowest BCUT2D eigenvalue weighted by Crippen LogP contribution is -2.24. The van der Waals surface area contributed by atoms with Crippen molar-refractivity contribution < 1.29 is 14.3 Å². The van der Waals surface area contributed by atoms with Crippen molar-refractivity contribution in [2.45, 2.75) is 23.6 Å². The van der Waals surface area contributed by atoms with Gasteiger partial charge in [-0.3, -0.25) is 4.79 Å². The number of anilines is 1. The van der Waals surface area contributed by atoms with Gasteiger partial charge in [0, 0.05) is 30.1 Å². The Morgan fingerprint density at radius 2 is 1.91 bits per heavy atom. The number of hydrogen-bond acceptors (Lipinski definition) is 5. The topological polar surface area (TPSA) is 60.5 Å². The fraction of sp³-hybridized carbons (Fsp3) is 0.294. The normalized spacial score (nSPS) is 11.6. The number of thioether (sulfide) groups is 1. The molecule has 2 rings (SSSR count). The van der Waals surface area contributed by atoms with Gasteiger partial charge in [-0.2, -0.15) is 0 Å². The van der Waals surface area contributed by atoms with Crippen LogP contribution in [-0.2, 0) is 4.79 Å². The van der Waals surface area contributed by atoms with E-state index in [0.29, 0.717) is 23.6 Å². The monoisotopic (exact) mass is 332 g/mol. The minimum absolute atomic E-state index is 0.0709. The van der Waals surface area contributed by atoms with Gasteiger partial charge in [0.2, 0.25) is 5.91 Å². The molecule has 0 radical (unpaired) electrons. The van der Waals surface area contributed by atoms with Gasteiger partial charge in [-0.15, -0.1) is 0 Å². The third-order valence-corrected chi connectivity index (χ3v) is 4.50. The molecule has 0 spiro atoms. The molecule has 1 atom stereocenters. The van der Waals surface area contributed by atoms with E-state index in [0.717, 1.165) is 5.03 Å². The number of aromatic nitrogens is 1. The molecule has 1 amide bonds. The van der Waals surface area contributed by atoms with Gasteiger partial charge in [0.15, 0.2) is 0 Å². The molecular weight excluding hydrogens is 312 g/mol. The van der Waals surface area contributed by atoms with Gasteiger partial charge in [-0.1, -0.05) is 24.8 Å². The van der Waals surface area contributed by atoms with Crippen LogP contribution in [0.4, 0.5) is 5.69 Å². The van der Waals surface area contributed by atoms with Crippen molar-refractivity contribution in [2.75, 3.05) is 19.5 Å². The fourth-order valence-electron chi connectivity index (χ4n) is 1.99. The van der Waals surface area contributed by atoms with Crippen LogP contribution >= 0.6 is 11.8 Å². The van der Waals surface area contributed by atoms with E-state index < -0.39 is 0 Å². The molecule has 0 aliphatic rings. The second kappa shape index (κ2) is 8.43. The van der Waals surface area contributed by atoms with Crippen LogP contribution in [0.2, 0.25) is 0 Å². The first-order chi connectivity index (χ1) is 11.2. The van der Waals surface area contributed by atoms with E-state index in [-0.39, 0.29) is 11.2 Å². The third kappa shape index (κ3) is 4.89. The summed E-state index contributed by atoms with van der Waals surface area (Å²) in [5, 5.41) is 3.53. The number of benzene rings is 1. The summed E-state index contributed by atoms with van der Waals surface area (Å²) >= 11 is 1.45. The maximum Gasteiger partial charge on any atom is 0.237 e. The number of ether oxygens (including phenoxy) is 2. The summed E-state index contributed by atoms with van der Waals surface area (Å²) in [5.74, 6) is 1.19. The zero-order valence-electron chi connectivity index (χ0n) is 13.4. The lowest BCUT2D eigenvalue weighted by molar-refractivity contribution is -0.115. The number of methoxy groups -OCH3 is 2. The molecule has 1 unspecified atom stereocenters. The summed E-state index contributed by atoms with van der Waals surface area (Å²) in [7, 11) is 3.15. The van der Waals surface area contributed by atoms with Crippen molar-refractivity contribution in [3.05, 3.63) is 42.6 Å². The standard InChI is InChI=1S/C17H20N2O3S/c1-4-15(23-16-7-5-6-8-18-16)17(20)19-12-9-13(21-2)11-14(10-12)22-3/h5-11,15H,4H2,1-3H3,(H,19,20). The Labute approximate surface area is 140 Å². The van der Waals surface area contributed by atoms with Crippen molar-refractivity contribution in [1.29, 1.82) is 0 Å². The Bertz CT molecular complexity index is 627. The van der Waals surface area contributed by atoms with E-state index in [1.807, 2.05) is 25.1 Å². The van der Waals surface area contributed by atoms with Crippen molar-refractivity contribution >= 4 is 23.4 Å². The lowest BCUT2D eigenvalue weighted by atomic mass is 10.2. The number of hydrogen-bond donors (Lipinski definition) is 1. The Kier molecular flexibility index (Phi) is 6.29. The van der Waals surface area contributed by atoms with E-state index in [2.05, 4.69) is 10.3 Å². The first-order valence-electron chi connectivity index (χ1n) is 7.28. The number of amides is 1. The van der Waals surface area contributed by atoms with Crippen LogP contribution in [0, 0.1) is 0 Å². The molecule has 2 aromatic rings. The van der Waals surface area contributed by atoms with E-state index in [1.165, 1.54) is 11.8 Å². The molecule has 0 saturated carbocycles. The first kappa shape index (κ1) is 17.1. The SMILES string of the molecule is CCC(Sc1ccccn1)C(=O)Nc1cc(OC)cc(OC)c1. The van der Waals surface area contributed by atoms with E-state index >= 15 is 0 Å². The van der Waals surface area contributed by atoms with E-state index in [9.17, 15) is 4.79 Å². The van der Waals surface area contributed by atoms with E-state index in [4.69, 9.17) is 9.47 Å². The summed E-state index contributed by atoms with van der Waals surface area (Å²) in [6, 6.07) is 10.9. The van der Waals surface area contributed by atoms with Gasteiger partial charge >= 0.3 is 0 Å². The van der Waals surface area contributed by atoms with Gasteiger partial charge in [-0.05, 0) is 18.6 Å². The highest BCUT2D eigenvalue weighted by Gasteiger charge is 2.19. The molecule has 0 fully saturated rings. The average molecular weight is 332 g/mol. The molecular formula is C17H20N2O3S. The van der Waals surface area contributed by atoms with Crippen molar-refractivity contribution in [3.8, 4) is 11.5 Å². The Morgan fingerprint density at radius 3 is 2.43 bits per heavy atom. The predicted octanol–water partition coefficient (Wildman–Crippen LogP) is 3.61. The molecule has 5 nitrogen and oxygen atoms in total. The van der Waals surface area contributed by atoms with Crippen molar-refractivity contribution in [2.24, 2.45) is 0 Å². The summed E-state index contributed by atoms with van der Waals surface area (Å²) in [4.78, 5) is 16.8. The predicted molar refractivity (Wildman–Crippen MR) is 92.3 cm³/mol. The summed E-state index contributed by atoms with van der Waals surface area (Å²) < 4.78 is 10.4. The summed E-state index contributed by atoms with van der Waals surface area (Å²) in [5.41, 5.74) is 0.645. The molecule has 1 N–H and O–H groups in total. The van der Waals surface area contributed by atoms with Gasteiger partial charge < -0.3 is 14.8 Å². The van der Waals surface area contributed by atoms with Gasteiger partial charge in [0.1, 0.15) is 11.5 Å². The van der Waals surface area contributed by atoms with Crippen LogP contribution in [0.1, 0.15) is 13.3 Å². The molecule has 122 valence electrons. The molecule has 1 heterocycles. The minimum Gasteiger partial charge on any atom is -0.497 e. The van der Waals surface area contributed by atoms with Crippen LogP contribution in [0.15, 0.2) is 47.6 Å².